The highest BCUT2D eigenvalue weighted by atomic mass is 79.9. The predicted molar refractivity (Wildman–Crippen MR) is 72.0 cm³/mol. The van der Waals surface area contributed by atoms with E-state index in [4.69, 9.17) is 10.9 Å². The van der Waals surface area contributed by atoms with E-state index in [0.717, 1.165) is 0 Å². The molecule has 0 atom stereocenters. The number of phenols is 1. The quantitative estimate of drug-likeness (QED) is 0.346. The number of hydroxylamine groups is 1. The van der Waals surface area contributed by atoms with Crippen molar-refractivity contribution in [3.63, 3.8) is 0 Å². The Hall–Kier alpha value is -2.13. The van der Waals surface area contributed by atoms with Crippen LogP contribution < -0.4 is 11.2 Å². The van der Waals surface area contributed by atoms with E-state index in [1.807, 2.05) is 5.48 Å². The lowest BCUT2D eigenvalue weighted by Gasteiger charge is -2.07. The van der Waals surface area contributed by atoms with Crippen molar-refractivity contribution >= 4 is 33.5 Å². The molecule has 0 radical (unpaired) electrons. The first-order valence-electron chi connectivity index (χ1n) is 5.36. The van der Waals surface area contributed by atoms with Crippen molar-refractivity contribution in [1.82, 2.24) is 5.48 Å². The van der Waals surface area contributed by atoms with Crippen LogP contribution in [0.3, 0.4) is 0 Å². The van der Waals surface area contributed by atoms with E-state index < -0.39 is 18.4 Å². The van der Waals surface area contributed by atoms with Crippen molar-refractivity contribution < 1.29 is 24.7 Å². The van der Waals surface area contributed by atoms with Crippen LogP contribution in [-0.4, -0.2) is 34.4 Å². The average Bonchev–Trinajstić information content (AvgIpc) is 2.45. The van der Waals surface area contributed by atoms with E-state index in [9.17, 15) is 14.7 Å². The molecule has 0 aliphatic heterocycles. The number of nitrogens with one attached hydrogen (secondary N) is 1. The van der Waals surface area contributed by atoms with E-state index >= 15 is 0 Å². The van der Waals surface area contributed by atoms with Crippen molar-refractivity contribution in [3.05, 3.63) is 28.2 Å². The molecule has 0 unspecified atom stereocenters. The summed E-state index contributed by atoms with van der Waals surface area (Å²) in [5.74, 6) is -1.67. The van der Waals surface area contributed by atoms with Crippen LogP contribution in [-0.2, 0) is 20.8 Å². The first-order chi connectivity index (χ1) is 9.47. The molecule has 0 heterocycles. The van der Waals surface area contributed by atoms with E-state index in [0.29, 0.717) is 10.0 Å². The zero-order chi connectivity index (χ0) is 15.1. The molecule has 20 heavy (non-hydrogen) atoms. The normalized spacial score (nSPS) is 11.0. The minimum Gasteiger partial charge on any atom is -0.507 e. The number of hydrogen-bond donors (Lipinski definition) is 4. The highest BCUT2D eigenvalue weighted by Gasteiger charge is 2.15. The summed E-state index contributed by atoms with van der Waals surface area (Å²) in [5, 5.41) is 21.0. The molecule has 1 aromatic carbocycles. The smallest absolute Gasteiger partial charge is 0.345 e. The number of carbonyl (C=O) groups is 2. The fraction of sp³-hybridized carbons (Fsp3) is 0.182. The highest BCUT2D eigenvalue weighted by Crippen LogP contribution is 2.24. The summed E-state index contributed by atoms with van der Waals surface area (Å²) in [4.78, 5) is 26.7. The first-order valence-corrected chi connectivity index (χ1v) is 6.15. The molecular formula is C11H12BrN3O5. The molecule has 5 N–H and O–H groups in total. The lowest BCUT2D eigenvalue weighted by Crippen LogP contribution is -2.36. The Morgan fingerprint density at radius 3 is 2.70 bits per heavy atom. The lowest BCUT2D eigenvalue weighted by molar-refractivity contribution is -0.154. The molecular weight excluding hydrogens is 334 g/mol. The van der Waals surface area contributed by atoms with Gasteiger partial charge in [0.05, 0.1) is 11.0 Å². The van der Waals surface area contributed by atoms with Gasteiger partial charge < -0.3 is 20.9 Å². The Labute approximate surface area is 122 Å². The number of benzene rings is 1. The van der Waals surface area contributed by atoms with E-state index in [2.05, 4.69) is 25.9 Å². The van der Waals surface area contributed by atoms with Crippen LogP contribution in [0.5, 0.6) is 5.75 Å². The number of oxime groups is 1. The second-order valence-corrected chi connectivity index (χ2v) is 4.47. The third kappa shape index (κ3) is 4.52. The maximum Gasteiger partial charge on any atom is 0.345 e. The minimum atomic E-state index is -0.876. The van der Waals surface area contributed by atoms with Gasteiger partial charge in [0.2, 0.25) is 0 Å². The molecule has 0 spiro atoms. The number of hydrogen-bond acceptors (Lipinski definition) is 7. The second kappa shape index (κ2) is 7.46. The number of nitrogens with zero attached hydrogens (tertiary/aromatic N) is 1. The van der Waals surface area contributed by atoms with Crippen LogP contribution in [0.25, 0.3) is 0 Å². The Morgan fingerprint density at radius 1 is 1.45 bits per heavy atom. The maximum absolute atomic E-state index is 11.6. The van der Waals surface area contributed by atoms with Gasteiger partial charge in [-0.05, 0) is 33.6 Å². The van der Waals surface area contributed by atoms with Crippen molar-refractivity contribution in [3.8, 4) is 5.75 Å². The maximum atomic E-state index is 11.6. The average molecular weight is 346 g/mol. The topological polar surface area (TPSA) is 134 Å². The zero-order valence-electron chi connectivity index (χ0n) is 10.2. The number of nitrogens with two attached hydrogens (primary N) is 1. The molecule has 0 aromatic heterocycles. The van der Waals surface area contributed by atoms with Gasteiger partial charge in [-0.25, -0.2) is 4.79 Å². The zero-order valence-corrected chi connectivity index (χ0v) is 11.8. The monoisotopic (exact) mass is 345 g/mol. The molecule has 1 amide bonds. The molecule has 0 aliphatic carbocycles. The van der Waals surface area contributed by atoms with Gasteiger partial charge in [0.25, 0.3) is 0 Å². The Morgan fingerprint density at radius 2 is 2.15 bits per heavy atom. The lowest BCUT2D eigenvalue weighted by atomic mass is 10.1. The van der Waals surface area contributed by atoms with Gasteiger partial charge in [-0.15, -0.1) is 0 Å². The van der Waals surface area contributed by atoms with Crippen LogP contribution in [0.1, 0.15) is 5.56 Å². The molecule has 0 saturated carbocycles. The third-order valence-electron chi connectivity index (χ3n) is 2.19. The molecule has 9 heteroatoms. The van der Waals surface area contributed by atoms with Crippen LogP contribution >= 0.6 is 15.9 Å². The van der Waals surface area contributed by atoms with E-state index in [-0.39, 0.29) is 17.9 Å². The summed E-state index contributed by atoms with van der Waals surface area (Å²) >= 11 is 3.12. The van der Waals surface area contributed by atoms with Gasteiger partial charge in [-0.2, -0.15) is 5.48 Å². The summed E-state index contributed by atoms with van der Waals surface area (Å²) in [6.07, 6.45) is -0.0264. The standard InChI is InChI=1S/C11H12BrN3O5/c12-7-3-6(1-2-9(7)16)4-8(14-19)11(18)15-20-10(17)5-13/h1-3,16,19H,4-5,13H2,(H,15,18)/b14-8+. The molecule has 1 aromatic rings. The van der Waals surface area contributed by atoms with Gasteiger partial charge >= 0.3 is 11.9 Å². The summed E-state index contributed by atoms with van der Waals surface area (Å²) in [7, 11) is 0. The number of carbonyl (C=O) groups excluding carboxylic acids is 2. The van der Waals surface area contributed by atoms with Gasteiger partial charge in [-0.3, -0.25) is 4.79 Å². The van der Waals surface area contributed by atoms with Gasteiger partial charge in [0, 0.05) is 6.42 Å². The number of halogens is 1. The molecule has 0 saturated heterocycles. The third-order valence-corrected chi connectivity index (χ3v) is 2.83. The number of aromatic hydroxyl groups is 1. The van der Waals surface area contributed by atoms with Gasteiger partial charge in [0.15, 0.2) is 5.71 Å². The molecule has 8 nitrogen and oxygen atoms in total. The second-order valence-electron chi connectivity index (χ2n) is 3.62. The van der Waals surface area contributed by atoms with Crippen LogP contribution in [0.4, 0.5) is 0 Å². The van der Waals surface area contributed by atoms with E-state index in [1.54, 1.807) is 12.1 Å². The van der Waals surface area contributed by atoms with Crippen molar-refractivity contribution in [2.24, 2.45) is 10.9 Å². The SMILES string of the molecule is NCC(=O)ONC(=O)/C(Cc1ccc(O)c(Br)c1)=N/O. The molecule has 1 rings (SSSR count). The predicted octanol–water partition coefficient (Wildman–Crippen LogP) is 0.0605. The minimum absolute atomic E-state index is 0.0264. The highest BCUT2D eigenvalue weighted by molar-refractivity contribution is 9.10. The fourth-order valence-electron chi connectivity index (χ4n) is 1.22. The Bertz CT molecular complexity index is 547. The summed E-state index contributed by atoms with van der Waals surface area (Å²) in [6, 6.07) is 4.52. The summed E-state index contributed by atoms with van der Waals surface area (Å²) in [6.45, 7) is -0.392. The van der Waals surface area contributed by atoms with Crippen molar-refractivity contribution in [2.75, 3.05) is 6.54 Å². The molecule has 0 aliphatic rings. The van der Waals surface area contributed by atoms with Crippen LogP contribution in [0.2, 0.25) is 0 Å². The van der Waals surface area contributed by atoms with Crippen molar-refractivity contribution in [1.29, 1.82) is 0 Å². The van der Waals surface area contributed by atoms with Crippen LogP contribution in [0, 0.1) is 0 Å². The van der Waals surface area contributed by atoms with Gasteiger partial charge in [-0.1, -0.05) is 11.2 Å². The Kier molecular flexibility index (Phi) is 5.94. The molecule has 108 valence electrons. The molecule has 0 bridgehead atoms. The van der Waals surface area contributed by atoms with Crippen LogP contribution in [0.15, 0.2) is 27.8 Å². The largest absolute Gasteiger partial charge is 0.507 e. The van der Waals surface area contributed by atoms with Crippen molar-refractivity contribution in [2.45, 2.75) is 6.42 Å². The fourth-order valence-corrected chi connectivity index (χ4v) is 1.64. The number of rotatable bonds is 4. The van der Waals surface area contributed by atoms with Gasteiger partial charge in [0.1, 0.15) is 5.75 Å². The van der Waals surface area contributed by atoms with E-state index in [1.165, 1.54) is 6.07 Å². The first kappa shape index (κ1) is 15.9. The number of phenolic OH excluding ortho intramolecular Hbond substituents is 1. The molecule has 0 fully saturated rings. The summed E-state index contributed by atoms with van der Waals surface area (Å²) < 4.78 is 0.433. The summed E-state index contributed by atoms with van der Waals surface area (Å²) in [5.41, 5.74) is 7.13. The Balaban J connectivity index is 2.69. The number of amides is 1.